The number of amides is 1. The van der Waals surface area contributed by atoms with E-state index in [-0.39, 0.29) is 17.2 Å². The summed E-state index contributed by atoms with van der Waals surface area (Å²) < 4.78 is 27.3. The van der Waals surface area contributed by atoms with Gasteiger partial charge in [-0.3, -0.25) is 9.59 Å². The van der Waals surface area contributed by atoms with E-state index in [1.54, 1.807) is 25.1 Å². The first kappa shape index (κ1) is 29.7. The van der Waals surface area contributed by atoms with E-state index in [4.69, 9.17) is 35.3 Å². The monoisotopic (exact) mass is 536 g/mol. The summed E-state index contributed by atoms with van der Waals surface area (Å²) in [6.45, 7) is 10.2. The molecular weight excluding hydrogens is 504 g/mol. The Hall–Kier alpha value is -3.53. The van der Waals surface area contributed by atoms with Crippen molar-refractivity contribution < 1.29 is 38.1 Å². The number of aromatic nitrogens is 1. The number of esters is 2. The van der Waals surface area contributed by atoms with Crippen molar-refractivity contribution in [3.63, 3.8) is 0 Å². The summed E-state index contributed by atoms with van der Waals surface area (Å²) in [5, 5.41) is 2.96. The molecule has 1 amide bonds. The number of nitrogens with zero attached hydrogens (tertiary/aromatic N) is 1. The molecule has 0 radical (unpaired) electrons. The number of hydrogen-bond acceptors (Lipinski definition) is 9. The highest BCUT2D eigenvalue weighted by atomic mass is 35.5. The topological polar surface area (TPSA) is 122 Å². The van der Waals surface area contributed by atoms with Gasteiger partial charge in [-0.15, -0.1) is 0 Å². The molecule has 11 heteroatoms. The number of methoxy groups -OCH3 is 2. The summed E-state index contributed by atoms with van der Waals surface area (Å²) in [6.07, 6.45) is 0.0731. The maximum atomic E-state index is 12.9. The zero-order valence-corrected chi connectivity index (χ0v) is 23.0. The second-order valence-corrected chi connectivity index (χ2v) is 9.73. The van der Waals surface area contributed by atoms with Crippen LogP contribution in [0.5, 0.6) is 23.0 Å². The molecule has 1 aromatic heterocycles. The molecule has 1 aromatic carbocycles. The first-order chi connectivity index (χ1) is 17.3. The summed E-state index contributed by atoms with van der Waals surface area (Å²) in [7, 11) is 2.86. The Morgan fingerprint density at radius 1 is 1.03 bits per heavy atom. The summed E-state index contributed by atoms with van der Waals surface area (Å²) in [4.78, 5) is 41.2. The van der Waals surface area contributed by atoms with Crippen LogP contribution in [0.1, 0.15) is 52.0 Å². The lowest BCUT2D eigenvalue weighted by Crippen LogP contribution is -2.47. The molecule has 0 spiro atoms. The Labute approximate surface area is 221 Å². The standard InChI is InChI=1S/C26H33ClN2O8/c1-14(29-24(31)21-22(36-16(3)30)19(33-7)11-12-28-21)25(32)35-15(2)23(26(4,5)6)37-17-9-10-18(27)20(13-17)34-8/h9-15,23H,1-8H3,(H,29,31)/t14-,15-,23-/m0/s1. The largest absolute Gasteiger partial charge is 0.495 e. The number of pyridine rings is 1. The van der Waals surface area contributed by atoms with Crippen LogP contribution in [0, 0.1) is 5.41 Å². The van der Waals surface area contributed by atoms with Gasteiger partial charge in [-0.1, -0.05) is 32.4 Å². The molecule has 0 fully saturated rings. The van der Waals surface area contributed by atoms with E-state index < -0.39 is 41.5 Å². The summed E-state index contributed by atoms with van der Waals surface area (Å²) in [5.74, 6) is -1.16. The van der Waals surface area contributed by atoms with Gasteiger partial charge in [0.2, 0.25) is 5.75 Å². The van der Waals surface area contributed by atoms with E-state index in [1.807, 2.05) is 20.8 Å². The predicted molar refractivity (Wildman–Crippen MR) is 136 cm³/mol. The van der Waals surface area contributed by atoms with Gasteiger partial charge in [0.25, 0.3) is 5.91 Å². The van der Waals surface area contributed by atoms with Crippen molar-refractivity contribution in [1.29, 1.82) is 0 Å². The molecule has 0 aliphatic rings. The van der Waals surface area contributed by atoms with Crippen LogP contribution in [0.4, 0.5) is 0 Å². The van der Waals surface area contributed by atoms with Gasteiger partial charge in [0, 0.05) is 30.7 Å². The maximum Gasteiger partial charge on any atom is 0.328 e. The van der Waals surface area contributed by atoms with Crippen molar-refractivity contribution >= 4 is 29.4 Å². The van der Waals surface area contributed by atoms with E-state index in [1.165, 1.54) is 40.3 Å². The number of rotatable bonds is 10. The molecular formula is C26H33ClN2O8. The quantitative estimate of drug-likeness (QED) is 0.444. The molecule has 2 rings (SSSR count). The van der Waals surface area contributed by atoms with Gasteiger partial charge >= 0.3 is 11.9 Å². The van der Waals surface area contributed by atoms with Crippen LogP contribution in [0.25, 0.3) is 0 Å². The van der Waals surface area contributed by atoms with Crippen molar-refractivity contribution in [1.82, 2.24) is 10.3 Å². The van der Waals surface area contributed by atoms with Crippen LogP contribution < -0.4 is 24.3 Å². The molecule has 2 aromatic rings. The van der Waals surface area contributed by atoms with Crippen LogP contribution in [-0.2, 0) is 14.3 Å². The summed E-state index contributed by atoms with van der Waals surface area (Å²) in [6, 6.07) is 5.39. The zero-order chi connectivity index (χ0) is 27.9. The molecule has 1 heterocycles. The van der Waals surface area contributed by atoms with E-state index >= 15 is 0 Å². The number of hydrogen-bond donors (Lipinski definition) is 1. The average Bonchev–Trinajstić information content (AvgIpc) is 2.82. The van der Waals surface area contributed by atoms with Crippen molar-refractivity contribution in [2.45, 2.75) is 59.8 Å². The molecule has 0 saturated carbocycles. The van der Waals surface area contributed by atoms with E-state index in [0.717, 1.165) is 0 Å². The fourth-order valence-corrected chi connectivity index (χ4v) is 3.70. The molecule has 1 N–H and O–H groups in total. The minimum absolute atomic E-state index is 0.142. The van der Waals surface area contributed by atoms with Gasteiger partial charge in [0.1, 0.15) is 29.7 Å². The van der Waals surface area contributed by atoms with E-state index in [9.17, 15) is 14.4 Å². The molecule has 202 valence electrons. The first-order valence-electron chi connectivity index (χ1n) is 11.5. The second kappa shape index (κ2) is 12.6. The van der Waals surface area contributed by atoms with Crippen LogP contribution in [-0.4, -0.2) is 55.3 Å². The highest BCUT2D eigenvalue weighted by Gasteiger charge is 2.35. The number of nitrogens with one attached hydrogen (secondary N) is 1. The molecule has 0 aliphatic carbocycles. The van der Waals surface area contributed by atoms with Gasteiger partial charge in [0.05, 0.1) is 19.2 Å². The van der Waals surface area contributed by atoms with Crippen molar-refractivity contribution in [2.75, 3.05) is 14.2 Å². The third kappa shape index (κ3) is 7.98. The van der Waals surface area contributed by atoms with Gasteiger partial charge in [0.15, 0.2) is 11.4 Å². The first-order valence-corrected chi connectivity index (χ1v) is 11.9. The van der Waals surface area contributed by atoms with Crippen LogP contribution in [0.3, 0.4) is 0 Å². The van der Waals surface area contributed by atoms with Crippen LogP contribution >= 0.6 is 11.6 Å². The second-order valence-electron chi connectivity index (χ2n) is 9.32. The smallest absolute Gasteiger partial charge is 0.328 e. The Bertz CT molecular complexity index is 1130. The van der Waals surface area contributed by atoms with E-state index in [2.05, 4.69) is 10.3 Å². The van der Waals surface area contributed by atoms with Gasteiger partial charge < -0.3 is 29.0 Å². The minimum atomic E-state index is -1.05. The number of carbonyl (C=O) groups excluding carboxylic acids is 3. The SMILES string of the molecule is COc1cc(O[C@@H]([C@H](C)OC(=O)[C@H](C)NC(=O)c2nccc(OC)c2OC(C)=O)C(C)(C)C)ccc1Cl. The molecule has 0 bridgehead atoms. The third-order valence-corrected chi connectivity index (χ3v) is 5.53. The lowest BCUT2D eigenvalue weighted by atomic mass is 9.86. The van der Waals surface area contributed by atoms with Crippen LogP contribution in [0.2, 0.25) is 5.02 Å². The number of halogens is 1. The third-order valence-electron chi connectivity index (χ3n) is 5.22. The number of carbonyl (C=O) groups is 3. The Morgan fingerprint density at radius 3 is 2.24 bits per heavy atom. The molecule has 37 heavy (non-hydrogen) atoms. The lowest BCUT2D eigenvalue weighted by Gasteiger charge is -2.35. The molecule has 0 saturated heterocycles. The van der Waals surface area contributed by atoms with Crippen molar-refractivity contribution in [2.24, 2.45) is 5.41 Å². The Balaban J connectivity index is 2.15. The Kier molecular flexibility index (Phi) is 10.1. The van der Waals surface area contributed by atoms with Crippen molar-refractivity contribution in [3.8, 4) is 23.0 Å². The van der Waals surface area contributed by atoms with Gasteiger partial charge in [-0.25, -0.2) is 9.78 Å². The maximum absolute atomic E-state index is 12.9. The fourth-order valence-electron chi connectivity index (χ4n) is 3.50. The fraction of sp³-hybridized carbons (Fsp3) is 0.462. The molecule has 3 atom stereocenters. The zero-order valence-electron chi connectivity index (χ0n) is 22.2. The number of ether oxygens (including phenoxy) is 5. The normalized spacial score (nSPS) is 13.5. The Morgan fingerprint density at radius 2 is 1.68 bits per heavy atom. The average molecular weight is 537 g/mol. The molecule has 0 unspecified atom stereocenters. The van der Waals surface area contributed by atoms with Crippen molar-refractivity contribution in [3.05, 3.63) is 41.2 Å². The minimum Gasteiger partial charge on any atom is -0.495 e. The number of benzene rings is 1. The molecule has 10 nitrogen and oxygen atoms in total. The highest BCUT2D eigenvalue weighted by Crippen LogP contribution is 2.33. The lowest BCUT2D eigenvalue weighted by molar-refractivity contribution is -0.158. The van der Waals surface area contributed by atoms with E-state index in [0.29, 0.717) is 16.5 Å². The van der Waals surface area contributed by atoms with Crippen LogP contribution in [0.15, 0.2) is 30.5 Å². The highest BCUT2D eigenvalue weighted by molar-refractivity contribution is 6.32. The molecule has 0 aliphatic heterocycles. The van der Waals surface area contributed by atoms with Gasteiger partial charge in [-0.05, 0) is 26.0 Å². The summed E-state index contributed by atoms with van der Waals surface area (Å²) >= 11 is 6.11. The predicted octanol–water partition coefficient (Wildman–Crippen LogP) is 4.22. The summed E-state index contributed by atoms with van der Waals surface area (Å²) in [5.41, 5.74) is -0.641. The van der Waals surface area contributed by atoms with Gasteiger partial charge in [-0.2, -0.15) is 0 Å².